The van der Waals surface area contributed by atoms with E-state index in [4.69, 9.17) is 0 Å². The third kappa shape index (κ3) is 2.86. The summed E-state index contributed by atoms with van der Waals surface area (Å²) >= 11 is 1.23. The maximum atomic E-state index is 12.1. The van der Waals surface area contributed by atoms with E-state index in [1.54, 1.807) is 0 Å². The zero-order chi connectivity index (χ0) is 9.19. The molecule has 1 heterocycles. The summed E-state index contributed by atoms with van der Waals surface area (Å²) in [6.45, 7) is 1.91. The maximum absolute atomic E-state index is 12.1. The molecule has 0 aliphatic rings. The van der Waals surface area contributed by atoms with Crippen LogP contribution in [0, 0.1) is 0 Å². The molecule has 0 radical (unpaired) electrons. The van der Waals surface area contributed by atoms with Crippen molar-refractivity contribution in [3.63, 3.8) is 0 Å². The first-order chi connectivity index (χ1) is 5.51. The second kappa shape index (κ2) is 3.49. The lowest BCUT2D eigenvalue weighted by Crippen LogP contribution is -1.92. The second-order valence-corrected chi connectivity index (χ2v) is 4.82. The molecular formula is C6H8FNO2S2. The molecule has 0 atom stereocenters. The van der Waals surface area contributed by atoms with Crippen molar-refractivity contribution in [1.82, 2.24) is 4.98 Å². The molecule has 3 nitrogen and oxygen atoms in total. The quantitative estimate of drug-likeness (QED) is 0.709. The smallest absolute Gasteiger partial charge is 0.249 e. The van der Waals surface area contributed by atoms with Crippen LogP contribution >= 0.6 is 11.3 Å². The number of hydrogen-bond acceptors (Lipinski definition) is 4. The third-order valence-electron chi connectivity index (χ3n) is 1.22. The summed E-state index contributed by atoms with van der Waals surface area (Å²) in [5.74, 6) is -0.551. The van der Waals surface area contributed by atoms with Crippen molar-refractivity contribution in [2.45, 2.75) is 19.1 Å². The molecule has 1 aromatic heterocycles. The Kier molecular flexibility index (Phi) is 2.79. The van der Waals surface area contributed by atoms with Gasteiger partial charge in [-0.15, -0.1) is 15.2 Å². The minimum atomic E-state index is -4.40. The predicted molar refractivity (Wildman–Crippen MR) is 45.2 cm³/mol. The second-order valence-electron chi connectivity index (χ2n) is 2.26. The van der Waals surface area contributed by atoms with E-state index < -0.39 is 16.0 Å². The van der Waals surface area contributed by atoms with Gasteiger partial charge >= 0.3 is 10.2 Å². The Balaban J connectivity index is 2.78. The van der Waals surface area contributed by atoms with Crippen molar-refractivity contribution in [2.24, 2.45) is 0 Å². The first-order valence-electron chi connectivity index (χ1n) is 3.37. The molecule has 0 bridgehead atoms. The van der Waals surface area contributed by atoms with E-state index in [0.29, 0.717) is 4.88 Å². The van der Waals surface area contributed by atoms with Crippen LogP contribution < -0.4 is 0 Å². The number of rotatable bonds is 3. The minimum Gasteiger partial charge on any atom is -0.249 e. The van der Waals surface area contributed by atoms with Gasteiger partial charge in [0.05, 0.1) is 5.01 Å². The summed E-state index contributed by atoms with van der Waals surface area (Å²) in [6.07, 6.45) is 2.15. The van der Waals surface area contributed by atoms with Crippen LogP contribution in [0.15, 0.2) is 6.20 Å². The molecule has 0 aliphatic carbocycles. The van der Waals surface area contributed by atoms with Crippen LogP contribution in [0.1, 0.15) is 16.8 Å². The Labute approximate surface area is 74.5 Å². The van der Waals surface area contributed by atoms with Gasteiger partial charge in [-0.1, -0.05) is 6.92 Å². The zero-order valence-electron chi connectivity index (χ0n) is 6.45. The van der Waals surface area contributed by atoms with E-state index in [0.717, 1.165) is 11.4 Å². The lowest BCUT2D eigenvalue weighted by molar-refractivity contribution is 0.551. The first-order valence-corrected chi connectivity index (χ1v) is 5.74. The van der Waals surface area contributed by atoms with Gasteiger partial charge < -0.3 is 0 Å². The van der Waals surface area contributed by atoms with Gasteiger partial charge in [0.2, 0.25) is 0 Å². The van der Waals surface area contributed by atoms with Crippen LogP contribution in [-0.2, 0) is 22.4 Å². The number of aromatic nitrogens is 1. The van der Waals surface area contributed by atoms with Crippen LogP contribution in [-0.4, -0.2) is 13.4 Å². The average molecular weight is 209 g/mol. The standard InChI is InChI=1S/C6H8FNO2S2/c1-2-6-8-3-5(11-6)4-12(7,9)10/h3H,2,4H2,1H3. The summed E-state index contributed by atoms with van der Waals surface area (Å²) in [4.78, 5) is 4.36. The van der Waals surface area contributed by atoms with E-state index in [1.807, 2.05) is 6.92 Å². The van der Waals surface area contributed by atoms with Crippen LogP contribution in [0.2, 0.25) is 0 Å². The molecule has 1 rings (SSSR count). The minimum absolute atomic E-state index is 0.453. The summed E-state index contributed by atoms with van der Waals surface area (Å²) in [7, 11) is -4.40. The summed E-state index contributed by atoms with van der Waals surface area (Å²) in [6, 6.07) is 0. The lowest BCUT2D eigenvalue weighted by Gasteiger charge is -1.87. The van der Waals surface area contributed by atoms with Gasteiger partial charge in [-0.2, -0.15) is 8.42 Å². The fourth-order valence-corrected chi connectivity index (χ4v) is 2.48. The molecule has 0 saturated carbocycles. The Morgan fingerprint density at radius 2 is 2.33 bits per heavy atom. The van der Waals surface area contributed by atoms with Crippen molar-refractivity contribution in [1.29, 1.82) is 0 Å². The largest absolute Gasteiger partial charge is 0.307 e. The molecule has 68 valence electrons. The van der Waals surface area contributed by atoms with Crippen LogP contribution in [0.25, 0.3) is 0 Å². The van der Waals surface area contributed by atoms with E-state index in [1.165, 1.54) is 17.5 Å². The van der Waals surface area contributed by atoms with Crippen molar-refractivity contribution < 1.29 is 12.3 Å². The van der Waals surface area contributed by atoms with Crippen molar-refractivity contribution in [2.75, 3.05) is 0 Å². The van der Waals surface area contributed by atoms with Gasteiger partial charge in [0.15, 0.2) is 0 Å². The molecule has 12 heavy (non-hydrogen) atoms. The molecule has 6 heteroatoms. The van der Waals surface area contributed by atoms with E-state index in [2.05, 4.69) is 4.98 Å². The van der Waals surface area contributed by atoms with Crippen molar-refractivity contribution in [3.05, 3.63) is 16.1 Å². The molecule has 0 unspecified atom stereocenters. The summed E-state index contributed by atoms with van der Waals surface area (Å²) in [5, 5.41) is 0.827. The van der Waals surface area contributed by atoms with Gasteiger partial charge in [0.25, 0.3) is 0 Å². The van der Waals surface area contributed by atoms with Gasteiger partial charge in [-0.05, 0) is 6.42 Å². The fraction of sp³-hybridized carbons (Fsp3) is 0.500. The van der Waals surface area contributed by atoms with Gasteiger partial charge in [0.1, 0.15) is 5.75 Å². The number of hydrogen-bond donors (Lipinski definition) is 0. The molecule has 0 spiro atoms. The highest BCUT2D eigenvalue weighted by molar-refractivity contribution is 7.85. The Morgan fingerprint density at radius 1 is 1.67 bits per heavy atom. The van der Waals surface area contributed by atoms with E-state index in [9.17, 15) is 12.3 Å². The van der Waals surface area contributed by atoms with Gasteiger partial charge in [-0.3, -0.25) is 0 Å². The number of thiazole rings is 1. The topological polar surface area (TPSA) is 47.0 Å². The van der Waals surface area contributed by atoms with E-state index >= 15 is 0 Å². The highest BCUT2D eigenvalue weighted by Gasteiger charge is 2.11. The average Bonchev–Trinajstić information content (AvgIpc) is 2.32. The zero-order valence-corrected chi connectivity index (χ0v) is 8.08. The summed E-state index contributed by atoms with van der Waals surface area (Å²) in [5.41, 5.74) is 0. The normalized spacial score (nSPS) is 11.8. The SMILES string of the molecule is CCc1ncc(CS(=O)(=O)F)s1. The lowest BCUT2D eigenvalue weighted by atomic mass is 10.5. The molecule has 1 aromatic rings. The molecule has 0 N–H and O–H groups in total. The van der Waals surface area contributed by atoms with Crippen molar-refractivity contribution >= 4 is 21.6 Å². The molecule has 0 saturated heterocycles. The van der Waals surface area contributed by atoms with Gasteiger partial charge in [0, 0.05) is 11.1 Å². The Morgan fingerprint density at radius 3 is 2.75 bits per heavy atom. The van der Waals surface area contributed by atoms with E-state index in [-0.39, 0.29) is 0 Å². The number of nitrogens with zero attached hydrogens (tertiary/aromatic N) is 1. The van der Waals surface area contributed by atoms with Gasteiger partial charge in [-0.25, -0.2) is 4.98 Å². The highest BCUT2D eigenvalue weighted by atomic mass is 32.3. The highest BCUT2D eigenvalue weighted by Crippen LogP contribution is 2.16. The Bertz CT molecular complexity index is 357. The molecule has 0 aromatic carbocycles. The number of halogens is 1. The van der Waals surface area contributed by atoms with Crippen molar-refractivity contribution in [3.8, 4) is 0 Å². The molecular weight excluding hydrogens is 201 g/mol. The molecule has 0 fully saturated rings. The van der Waals surface area contributed by atoms with Crippen LogP contribution in [0.3, 0.4) is 0 Å². The Hall–Kier alpha value is -0.490. The predicted octanol–water partition coefficient (Wildman–Crippen LogP) is 1.50. The summed E-state index contributed by atoms with van der Waals surface area (Å²) < 4.78 is 32.6. The first kappa shape index (κ1) is 9.60. The van der Waals surface area contributed by atoms with Crippen LogP contribution in [0.5, 0.6) is 0 Å². The maximum Gasteiger partial charge on any atom is 0.307 e. The molecule has 0 aliphatic heterocycles. The van der Waals surface area contributed by atoms with Crippen LogP contribution in [0.4, 0.5) is 3.89 Å². The number of aryl methyl sites for hydroxylation is 1. The third-order valence-corrected chi connectivity index (χ3v) is 3.20. The monoisotopic (exact) mass is 209 g/mol. The molecule has 0 amide bonds. The fourth-order valence-electron chi connectivity index (χ4n) is 0.748.